The molecule has 2 aliphatic rings. The predicted molar refractivity (Wildman–Crippen MR) is 217 cm³/mol. The van der Waals surface area contributed by atoms with Crippen LogP contribution in [0.3, 0.4) is 0 Å². The summed E-state index contributed by atoms with van der Waals surface area (Å²) >= 11 is 3.47. The molecule has 0 saturated carbocycles. The highest BCUT2D eigenvalue weighted by molar-refractivity contribution is 9.10. The van der Waals surface area contributed by atoms with E-state index in [1.165, 1.54) is 86.7 Å². The van der Waals surface area contributed by atoms with Crippen LogP contribution < -0.4 is 5.46 Å². The lowest BCUT2D eigenvalue weighted by Gasteiger charge is -2.06. The number of nitrogens with one attached hydrogen (secondary N) is 1. The molecule has 1 aliphatic carbocycles. The molecule has 1 saturated heterocycles. The molecule has 1 aliphatic heterocycles. The summed E-state index contributed by atoms with van der Waals surface area (Å²) in [6, 6.07) is 43.7. The van der Waals surface area contributed by atoms with Gasteiger partial charge in [0.15, 0.2) is 0 Å². The van der Waals surface area contributed by atoms with Gasteiger partial charge in [-0.2, -0.15) is 0 Å². The average Bonchev–Trinajstić information content (AvgIpc) is 3.95. The summed E-state index contributed by atoms with van der Waals surface area (Å²) in [6.45, 7) is 2.00. The Hall–Kier alpha value is -5.12. The normalized spacial score (nSPS) is 12.1. The molecule has 0 bridgehead atoms. The number of rotatable bonds is 4. The molecule has 1 fully saturated rings. The maximum atomic E-state index is 10.7. The molecule has 0 radical (unpaired) electrons. The second kappa shape index (κ2) is 18.4. The number of H-pyrrole nitrogens is 1. The lowest BCUT2D eigenvalue weighted by molar-refractivity contribution is 0.111. The van der Waals surface area contributed by atoms with Crippen molar-refractivity contribution in [3.63, 3.8) is 0 Å². The van der Waals surface area contributed by atoms with Gasteiger partial charge in [-0.1, -0.05) is 139 Å². The summed E-state index contributed by atoms with van der Waals surface area (Å²) < 4.78 is 6.05. The monoisotopic (exact) mass is 753 g/mol. The molecule has 1 aromatic heterocycles. The van der Waals surface area contributed by atoms with Gasteiger partial charge in [-0.25, -0.2) is 0 Å². The predicted octanol–water partition coefficient (Wildman–Crippen LogP) is 9.43. The minimum atomic E-state index is -1.46. The highest BCUT2D eigenvalue weighted by Gasteiger charge is 2.18. The Morgan fingerprint density at radius 2 is 1.21 bits per heavy atom. The molecule has 6 nitrogen and oxygen atoms in total. The third kappa shape index (κ3) is 9.40. The highest BCUT2D eigenvalue weighted by Crippen LogP contribution is 2.38. The number of hydrogen-bond donors (Lipinski definition) is 3. The van der Waals surface area contributed by atoms with Crippen LogP contribution in [0.4, 0.5) is 0 Å². The van der Waals surface area contributed by atoms with Crippen molar-refractivity contribution in [2.75, 3.05) is 13.2 Å². The quantitative estimate of drug-likeness (QED) is 0.123. The summed E-state index contributed by atoms with van der Waals surface area (Å²) in [4.78, 5) is 24.3. The first-order valence-electron chi connectivity index (χ1n) is 16.9. The molecule has 2 heterocycles. The summed E-state index contributed by atoms with van der Waals surface area (Å²) in [7, 11) is -1.46. The fourth-order valence-corrected chi connectivity index (χ4v) is 6.52. The second-order valence-electron chi connectivity index (χ2n) is 12.3. The molecule has 262 valence electrons. The molecule has 6 aromatic carbocycles. The van der Waals surface area contributed by atoms with Crippen LogP contribution in [0.15, 0.2) is 138 Å². The average molecular weight is 755 g/mol. The molecule has 0 spiro atoms. The van der Waals surface area contributed by atoms with Crippen molar-refractivity contribution in [1.82, 2.24) is 4.98 Å². The van der Waals surface area contributed by atoms with Gasteiger partial charge >= 0.3 is 7.12 Å². The fourth-order valence-electron chi connectivity index (χ4n) is 6.16. The lowest BCUT2D eigenvalue weighted by atomic mass is 9.80. The van der Waals surface area contributed by atoms with Gasteiger partial charge < -0.3 is 19.8 Å². The van der Waals surface area contributed by atoms with Gasteiger partial charge in [-0.15, -0.1) is 0 Å². The van der Waals surface area contributed by atoms with Crippen LogP contribution in [0.5, 0.6) is 0 Å². The van der Waals surface area contributed by atoms with Crippen LogP contribution in [-0.4, -0.2) is 47.9 Å². The third-order valence-electron chi connectivity index (χ3n) is 8.84. The zero-order valence-corrected chi connectivity index (χ0v) is 29.6. The summed E-state index contributed by atoms with van der Waals surface area (Å²) in [5.41, 5.74) is 11.8. The van der Waals surface area contributed by atoms with E-state index >= 15 is 0 Å². The summed E-state index contributed by atoms with van der Waals surface area (Å²) in [5.74, 6) is 0. The number of aldehydes is 2. The summed E-state index contributed by atoms with van der Waals surface area (Å²) in [6.07, 6.45) is 5.14. The molecule has 7 aromatic rings. The molecule has 0 unspecified atom stereocenters. The van der Waals surface area contributed by atoms with Crippen LogP contribution in [0, 0.1) is 0 Å². The Labute approximate surface area is 313 Å². The number of halogens is 1. The van der Waals surface area contributed by atoms with Gasteiger partial charge in [0, 0.05) is 50.6 Å². The number of carbonyl (C=O) groups excluding carboxylic acids is 2. The topological polar surface area (TPSA) is 99.6 Å². The van der Waals surface area contributed by atoms with Crippen LogP contribution in [0.2, 0.25) is 0 Å². The third-order valence-corrected chi connectivity index (χ3v) is 9.33. The number of aromatic nitrogens is 1. The Kier molecular flexibility index (Phi) is 13.5. The number of aromatic amines is 1. The van der Waals surface area contributed by atoms with Gasteiger partial charge in [0.1, 0.15) is 12.6 Å². The van der Waals surface area contributed by atoms with E-state index in [4.69, 9.17) is 14.8 Å². The van der Waals surface area contributed by atoms with Gasteiger partial charge in [0.05, 0.1) is 0 Å². The number of ether oxygens (including phenoxy) is 1. The van der Waals surface area contributed by atoms with Crippen molar-refractivity contribution in [3.05, 3.63) is 160 Å². The van der Waals surface area contributed by atoms with Crippen molar-refractivity contribution in [2.24, 2.45) is 0 Å². The lowest BCUT2D eigenvalue weighted by Crippen LogP contribution is -2.29. The Balaban J connectivity index is 0.000000147. The molecular formula is C44H41BBrNO5. The standard InChI is InChI=1S/C20H14O.C12H8BrN.C7H7BO3.C4H8O.CH4/c21-13-14-5-7-15(8-6-14)16-9-10-20-18(11-16)12-17-3-1-2-4-19(17)20;13-8-5-6-10-9-3-1-2-4-11(9)14-12(10)7-8;9-5-6-1-3-7(4-2-6)8(10)11;1-2-4-5-3-1;/h1-11,13H,12H2;1-7,14H;1-5,10-11H;1-4H2;1H4. The van der Waals surface area contributed by atoms with Crippen molar-refractivity contribution in [3.8, 4) is 22.3 Å². The minimum Gasteiger partial charge on any atom is -0.423 e. The summed E-state index contributed by atoms with van der Waals surface area (Å²) in [5, 5.41) is 19.9. The van der Waals surface area contributed by atoms with E-state index in [1.54, 1.807) is 0 Å². The van der Waals surface area contributed by atoms with Crippen LogP contribution in [-0.2, 0) is 11.2 Å². The Morgan fingerprint density at radius 3 is 1.87 bits per heavy atom. The molecular weight excluding hydrogens is 713 g/mol. The molecule has 0 amide bonds. The second-order valence-corrected chi connectivity index (χ2v) is 13.2. The Bertz CT molecular complexity index is 2240. The van der Waals surface area contributed by atoms with Crippen LogP contribution in [0.1, 0.15) is 52.1 Å². The molecule has 52 heavy (non-hydrogen) atoms. The highest BCUT2D eigenvalue weighted by atomic mass is 79.9. The van der Waals surface area contributed by atoms with Gasteiger partial charge in [-0.05, 0) is 76.3 Å². The first kappa shape index (κ1) is 38.1. The maximum absolute atomic E-state index is 10.7. The zero-order valence-electron chi connectivity index (χ0n) is 28.0. The van der Waals surface area contributed by atoms with Crippen LogP contribution in [0.25, 0.3) is 44.1 Å². The molecule has 0 atom stereocenters. The number of carbonyl (C=O) groups is 2. The van der Waals surface area contributed by atoms with Crippen molar-refractivity contribution < 1.29 is 24.4 Å². The first-order valence-corrected chi connectivity index (χ1v) is 17.6. The zero-order chi connectivity index (χ0) is 35.6. The van der Waals surface area contributed by atoms with E-state index in [1.807, 2.05) is 30.3 Å². The van der Waals surface area contributed by atoms with E-state index in [0.717, 1.165) is 36.0 Å². The maximum Gasteiger partial charge on any atom is 0.488 e. The van der Waals surface area contributed by atoms with Gasteiger partial charge in [0.2, 0.25) is 0 Å². The number of hydrogen-bond acceptors (Lipinski definition) is 5. The van der Waals surface area contributed by atoms with E-state index in [9.17, 15) is 9.59 Å². The largest absolute Gasteiger partial charge is 0.488 e. The van der Waals surface area contributed by atoms with E-state index in [2.05, 4.69) is 99.8 Å². The van der Waals surface area contributed by atoms with E-state index < -0.39 is 7.12 Å². The van der Waals surface area contributed by atoms with Crippen LogP contribution >= 0.6 is 15.9 Å². The molecule has 9 rings (SSSR count). The van der Waals surface area contributed by atoms with Gasteiger partial charge in [-0.3, -0.25) is 9.59 Å². The first-order chi connectivity index (χ1) is 24.9. The fraction of sp³-hybridized carbons (Fsp3) is 0.136. The molecule has 3 N–H and O–H groups in total. The molecule has 8 heteroatoms. The van der Waals surface area contributed by atoms with Crippen molar-refractivity contribution in [1.29, 1.82) is 0 Å². The van der Waals surface area contributed by atoms with E-state index in [-0.39, 0.29) is 7.43 Å². The van der Waals surface area contributed by atoms with Crippen molar-refractivity contribution >= 4 is 62.9 Å². The number of benzene rings is 6. The van der Waals surface area contributed by atoms with Crippen molar-refractivity contribution in [2.45, 2.75) is 26.7 Å². The Morgan fingerprint density at radius 1 is 0.615 bits per heavy atom. The van der Waals surface area contributed by atoms with E-state index in [0.29, 0.717) is 22.9 Å². The number of para-hydroxylation sites is 1. The van der Waals surface area contributed by atoms with Gasteiger partial charge in [0.25, 0.3) is 0 Å². The smallest absolute Gasteiger partial charge is 0.423 e. The number of fused-ring (bicyclic) bond motifs is 6. The minimum absolute atomic E-state index is 0. The SMILES string of the molecule is Brc1ccc2c(c1)[nH]c1ccccc12.C.C1CCOC1.O=Cc1ccc(-c2ccc3c(c2)Cc2ccccc2-3)cc1.O=Cc1ccc(B(O)O)cc1.